The molecule has 0 bridgehead atoms. The molecular weight excluding hydrogens is 236 g/mol. The van der Waals surface area contributed by atoms with Crippen LogP contribution in [-0.2, 0) is 0 Å². The fraction of sp³-hybridized carbons (Fsp3) is 0.154. The van der Waals surface area contributed by atoms with Crippen LogP contribution in [-0.4, -0.2) is 17.8 Å². The van der Waals surface area contributed by atoms with Gasteiger partial charge in [0.05, 0.1) is 0 Å². The quantitative estimate of drug-likeness (QED) is 0.413. The Morgan fingerprint density at radius 1 is 1.06 bits per heavy atom. The Bertz CT molecular complexity index is 355. The predicted octanol–water partition coefficient (Wildman–Crippen LogP) is 4.06. The summed E-state index contributed by atoms with van der Waals surface area (Å²) in [6.07, 6.45) is 4.60. The summed E-state index contributed by atoms with van der Waals surface area (Å²) < 4.78 is 0. The lowest BCUT2D eigenvalue weighted by atomic mass is 10.2. The van der Waals surface area contributed by atoms with E-state index >= 15 is 0 Å². The number of thioether (sulfide) groups is 2. The summed E-state index contributed by atoms with van der Waals surface area (Å²) in [7, 11) is 0. The molecule has 0 amide bonds. The van der Waals surface area contributed by atoms with Crippen LogP contribution in [0, 0.1) is 0 Å². The molecule has 0 N–H and O–H groups in total. The summed E-state index contributed by atoms with van der Waals surface area (Å²) in [6.45, 7) is 7.35. The number of hydrogen-bond acceptors (Lipinski definition) is 3. The van der Waals surface area contributed by atoms with Crippen LogP contribution in [0.1, 0.15) is 10.4 Å². The van der Waals surface area contributed by atoms with Gasteiger partial charge in [-0.2, -0.15) is 0 Å². The molecule has 84 valence electrons. The fourth-order valence-electron chi connectivity index (χ4n) is 1.19. The van der Waals surface area contributed by atoms with Gasteiger partial charge in [0.25, 0.3) is 0 Å². The number of carbonyl (C=O) groups excluding carboxylic acids is 1. The van der Waals surface area contributed by atoms with Crippen molar-refractivity contribution in [2.45, 2.75) is 9.79 Å². The van der Waals surface area contributed by atoms with Crippen molar-refractivity contribution in [3.05, 3.63) is 49.1 Å². The minimum atomic E-state index is 0.779. The highest BCUT2D eigenvalue weighted by atomic mass is 32.2. The highest BCUT2D eigenvalue weighted by molar-refractivity contribution is 8.00. The molecule has 0 aromatic heterocycles. The molecule has 0 spiro atoms. The summed E-state index contributed by atoms with van der Waals surface area (Å²) in [5, 5.41) is 0. The van der Waals surface area contributed by atoms with Crippen molar-refractivity contribution >= 4 is 29.8 Å². The molecule has 1 aromatic rings. The second-order valence-corrected chi connectivity index (χ2v) is 5.11. The molecule has 0 saturated carbocycles. The summed E-state index contributed by atoms with van der Waals surface area (Å²) in [4.78, 5) is 13.1. The zero-order valence-electron chi connectivity index (χ0n) is 9.02. The van der Waals surface area contributed by atoms with Gasteiger partial charge in [0.1, 0.15) is 0 Å². The Labute approximate surface area is 105 Å². The van der Waals surface area contributed by atoms with E-state index in [1.807, 2.05) is 30.4 Å². The van der Waals surface area contributed by atoms with Gasteiger partial charge in [0.15, 0.2) is 6.29 Å². The van der Waals surface area contributed by atoms with E-state index in [1.165, 1.54) is 0 Å². The van der Waals surface area contributed by atoms with Gasteiger partial charge >= 0.3 is 0 Å². The van der Waals surface area contributed by atoms with Crippen LogP contribution in [0.15, 0.2) is 53.3 Å². The highest BCUT2D eigenvalue weighted by Gasteiger charge is 2.07. The third-order valence-corrected chi connectivity index (χ3v) is 4.00. The van der Waals surface area contributed by atoms with Gasteiger partial charge in [0.2, 0.25) is 0 Å². The Morgan fingerprint density at radius 2 is 1.56 bits per heavy atom. The van der Waals surface area contributed by atoms with E-state index in [9.17, 15) is 4.79 Å². The van der Waals surface area contributed by atoms with Crippen molar-refractivity contribution in [1.29, 1.82) is 0 Å². The number of aldehydes is 1. The van der Waals surface area contributed by atoms with Crippen LogP contribution in [0.25, 0.3) is 0 Å². The molecule has 0 aliphatic carbocycles. The number of benzene rings is 1. The first-order valence-corrected chi connectivity index (χ1v) is 6.86. The van der Waals surface area contributed by atoms with Crippen LogP contribution in [0.4, 0.5) is 0 Å². The van der Waals surface area contributed by atoms with E-state index in [0.717, 1.165) is 33.1 Å². The van der Waals surface area contributed by atoms with Crippen molar-refractivity contribution in [3.8, 4) is 0 Å². The Morgan fingerprint density at radius 3 is 1.94 bits per heavy atom. The first-order chi connectivity index (χ1) is 7.83. The monoisotopic (exact) mass is 250 g/mol. The third-order valence-electron chi connectivity index (χ3n) is 1.86. The molecule has 16 heavy (non-hydrogen) atoms. The zero-order valence-corrected chi connectivity index (χ0v) is 10.7. The van der Waals surface area contributed by atoms with Crippen molar-refractivity contribution in [1.82, 2.24) is 0 Å². The van der Waals surface area contributed by atoms with E-state index in [0.29, 0.717) is 0 Å². The van der Waals surface area contributed by atoms with E-state index in [-0.39, 0.29) is 0 Å². The molecule has 1 nitrogen and oxygen atoms in total. The molecule has 0 atom stereocenters. The van der Waals surface area contributed by atoms with Gasteiger partial charge in [-0.05, 0) is 12.1 Å². The molecule has 0 radical (unpaired) electrons. The standard InChI is InChI=1S/C13H14OS2/c1-3-8-15-12-6-5-7-13(11(12)10-14)16-9-4-2/h3-7,10H,1-2,8-9H2. The van der Waals surface area contributed by atoms with Gasteiger partial charge < -0.3 is 0 Å². The topological polar surface area (TPSA) is 17.1 Å². The molecule has 0 aliphatic heterocycles. The third kappa shape index (κ3) is 3.58. The first kappa shape index (κ1) is 13.1. The molecular formula is C13H14OS2. The van der Waals surface area contributed by atoms with Crippen molar-refractivity contribution < 1.29 is 4.79 Å². The lowest BCUT2D eigenvalue weighted by Crippen LogP contribution is -1.90. The van der Waals surface area contributed by atoms with Gasteiger partial charge in [-0.3, -0.25) is 4.79 Å². The number of carbonyl (C=O) groups is 1. The minimum Gasteiger partial charge on any atom is -0.298 e. The van der Waals surface area contributed by atoms with E-state index < -0.39 is 0 Å². The maximum absolute atomic E-state index is 11.1. The second-order valence-electron chi connectivity index (χ2n) is 2.99. The van der Waals surface area contributed by atoms with E-state index in [4.69, 9.17) is 0 Å². The maximum Gasteiger partial charge on any atom is 0.152 e. The maximum atomic E-state index is 11.1. The highest BCUT2D eigenvalue weighted by Crippen LogP contribution is 2.30. The lowest BCUT2D eigenvalue weighted by molar-refractivity contribution is 0.111. The van der Waals surface area contributed by atoms with E-state index in [1.54, 1.807) is 23.5 Å². The largest absolute Gasteiger partial charge is 0.298 e. The molecule has 3 heteroatoms. The number of hydrogen-bond donors (Lipinski definition) is 0. The van der Waals surface area contributed by atoms with Crippen LogP contribution < -0.4 is 0 Å². The smallest absolute Gasteiger partial charge is 0.152 e. The molecule has 0 unspecified atom stereocenters. The van der Waals surface area contributed by atoms with Crippen molar-refractivity contribution in [2.24, 2.45) is 0 Å². The van der Waals surface area contributed by atoms with Crippen LogP contribution in [0.2, 0.25) is 0 Å². The summed E-state index contributed by atoms with van der Waals surface area (Å²) in [6, 6.07) is 5.91. The van der Waals surface area contributed by atoms with Gasteiger partial charge in [-0.25, -0.2) is 0 Å². The summed E-state index contributed by atoms with van der Waals surface area (Å²) in [5.41, 5.74) is 0.779. The van der Waals surface area contributed by atoms with Crippen molar-refractivity contribution in [3.63, 3.8) is 0 Å². The normalized spacial score (nSPS) is 9.75. The van der Waals surface area contributed by atoms with Gasteiger partial charge in [0, 0.05) is 26.9 Å². The molecule has 1 aromatic carbocycles. The molecule has 0 fully saturated rings. The van der Waals surface area contributed by atoms with Gasteiger partial charge in [-0.15, -0.1) is 36.7 Å². The Hall–Kier alpha value is -0.930. The summed E-state index contributed by atoms with van der Waals surface area (Å²) in [5.74, 6) is 1.63. The van der Waals surface area contributed by atoms with Gasteiger partial charge in [-0.1, -0.05) is 18.2 Å². The zero-order chi connectivity index (χ0) is 11.8. The lowest BCUT2D eigenvalue weighted by Gasteiger charge is -2.07. The first-order valence-electron chi connectivity index (χ1n) is 4.89. The second kappa shape index (κ2) is 7.36. The molecule has 0 aliphatic rings. The average molecular weight is 250 g/mol. The molecule has 1 rings (SSSR count). The molecule has 0 heterocycles. The van der Waals surface area contributed by atoms with Crippen molar-refractivity contribution in [2.75, 3.05) is 11.5 Å². The van der Waals surface area contributed by atoms with E-state index in [2.05, 4.69) is 13.2 Å². The Kier molecular flexibility index (Phi) is 6.04. The minimum absolute atomic E-state index is 0.779. The van der Waals surface area contributed by atoms with Crippen LogP contribution in [0.5, 0.6) is 0 Å². The van der Waals surface area contributed by atoms with Crippen LogP contribution >= 0.6 is 23.5 Å². The Balaban J connectivity index is 2.94. The number of rotatable bonds is 7. The fourth-order valence-corrected chi connectivity index (χ4v) is 2.83. The molecule has 0 saturated heterocycles. The summed E-state index contributed by atoms with van der Waals surface area (Å²) >= 11 is 3.26. The average Bonchev–Trinajstić information content (AvgIpc) is 2.33. The predicted molar refractivity (Wildman–Crippen MR) is 73.7 cm³/mol. The van der Waals surface area contributed by atoms with Crippen LogP contribution in [0.3, 0.4) is 0 Å². The SMILES string of the molecule is C=CCSc1cccc(SCC=C)c1C=O.